The van der Waals surface area contributed by atoms with Crippen LogP contribution in [0.1, 0.15) is 45.1 Å². The Morgan fingerprint density at radius 1 is 1.28 bits per heavy atom. The smallest absolute Gasteiger partial charge is 0.0718 e. The molecule has 2 atom stereocenters. The molecule has 0 aromatic heterocycles. The van der Waals surface area contributed by atoms with Crippen molar-refractivity contribution in [1.82, 2.24) is 0 Å². The van der Waals surface area contributed by atoms with Crippen LogP contribution in [-0.4, -0.2) is 10.7 Å². The van der Waals surface area contributed by atoms with Crippen LogP contribution in [0.15, 0.2) is 28.7 Å². The van der Waals surface area contributed by atoms with Crippen LogP contribution in [0.2, 0.25) is 0 Å². The lowest BCUT2D eigenvalue weighted by molar-refractivity contribution is -0.0652. The Balaban J connectivity index is 2.15. The van der Waals surface area contributed by atoms with Gasteiger partial charge in [-0.15, -0.1) is 0 Å². The Morgan fingerprint density at radius 3 is 2.56 bits per heavy atom. The van der Waals surface area contributed by atoms with Gasteiger partial charge in [-0.1, -0.05) is 54.8 Å². The molecule has 0 heterocycles. The summed E-state index contributed by atoms with van der Waals surface area (Å²) in [7, 11) is 0. The maximum absolute atomic E-state index is 11.0. The number of hydrogen-bond acceptors (Lipinski definition) is 1. The molecule has 2 unspecified atom stereocenters. The van der Waals surface area contributed by atoms with E-state index in [0.29, 0.717) is 11.8 Å². The molecule has 100 valence electrons. The SMILES string of the molecule is CC(C)C1CCCCC1(O)Cc1ccc(Br)cc1. The van der Waals surface area contributed by atoms with Crippen molar-refractivity contribution in [3.63, 3.8) is 0 Å². The third kappa shape index (κ3) is 3.16. The zero-order valence-corrected chi connectivity index (χ0v) is 12.9. The average molecular weight is 311 g/mol. The van der Waals surface area contributed by atoms with Crippen LogP contribution in [0, 0.1) is 11.8 Å². The number of benzene rings is 1. The minimum Gasteiger partial charge on any atom is -0.389 e. The Kier molecular flexibility index (Phi) is 4.50. The van der Waals surface area contributed by atoms with Gasteiger partial charge in [0.25, 0.3) is 0 Å². The molecule has 0 radical (unpaired) electrons. The molecule has 1 aromatic rings. The molecule has 1 N–H and O–H groups in total. The maximum atomic E-state index is 11.0. The molecule has 1 aliphatic carbocycles. The molecule has 0 bridgehead atoms. The van der Waals surface area contributed by atoms with E-state index >= 15 is 0 Å². The van der Waals surface area contributed by atoms with E-state index in [1.165, 1.54) is 18.4 Å². The summed E-state index contributed by atoms with van der Waals surface area (Å²) in [6, 6.07) is 8.36. The Morgan fingerprint density at radius 2 is 1.94 bits per heavy atom. The van der Waals surface area contributed by atoms with Crippen LogP contribution in [0.4, 0.5) is 0 Å². The van der Waals surface area contributed by atoms with Gasteiger partial charge in [0.1, 0.15) is 0 Å². The molecule has 0 aliphatic heterocycles. The summed E-state index contributed by atoms with van der Waals surface area (Å²) in [5.41, 5.74) is 0.744. The topological polar surface area (TPSA) is 20.2 Å². The molecule has 1 nitrogen and oxygen atoms in total. The van der Waals surface area contributed by atoms with Crippen LogP contribution < -0.4 is 0 Å². The van der Waals surface area contributed by atoms with E-state index in [0.717, 1.165) is 23.7 Å². The Hall–Kier alpha value is -0.340. The molecule has 1 aliphatic rings. The highest BCUT2D eigenvalue weighted by atomic mass is 79.9. The van der Waals surface area contributed by atoms with Gasteiger partial charge in [0.2, 0.25) is 0 Å². The quantitative estimate of drug-likeness (QED) is 0.867. The fraction of sp³-hybridized carbons (Fsp3) is 0.625. The summed E-state index contributed by atoms with van der Waals surface area (Å²) in [5, 5.41) is 11.0. The minimum atomic E-state index is -0.500. The summed E-state index contributed by atoms with van der Waals surface area (Å²) in [5.74, 6) is 1.00. The van der Waals surface area contributed by atoms with Crippen molar-refractivity contribution in [2.24, 2.45) is 11.8 Å². The monoisotopic (exact) mass is 310 g/mol. The Labute approximate surface area is 119 Å². The van der Waals surface area contributed by atoms with Crippen LogP contribution in [0.5, 0.6) is 0 Å². The van der Waals surface area contributed by atoms with Crippen molar-refractivity contribution < 1.29 is 5.11 Å². The lowest BCUT2D eigenvalue weighted by atomic mass is 9.68. The molecule has 1 aromatic carbocycles. The molecular formula is C16H23BrO. The van der Waals surface area contributed by atoms with Gasteiger partial charge in [-0.3, -0.25) is 0 Å². The third-order valence-corrected chi connectivity index (χ3v) is 4.82. The molecule has 0 amide bonds. The van der Waals surface area contributed by atoms with Gasteiger partial charge in [0.05, 0.1) is 5.60 Å². The molecule has 0 spiro atoms. The van der Waals surface area contributed by atoms with Crippen molar-refractivity contribution in [2.45, 2.75) is 51.6 Å². The van der Waals surface area contributed by atoms with E-state index in [1.807, 2.05) is 0 Å². The zero-order chi connectivity index (χ0) is 13.2. The van der Waals surface area contributed by atoms with Gasteiger partial charge >= 0.3 is 0 Å². The van der Waals surface area contributed by atoms with Gasteiger partial charge in [-0.25, -0.2) is 0 Å². The predicted molar refractivity (Wildman–Crippen MR) is 79.6 cm³/mol. The number of rotatable bonds is 3. The predicted octanol–water partition coefficient (Wildman–Crippen LogP) is 4.57. The van der Waals surface area contributed by atoms with Gasteiger partial charge in [-0.05, 0) is 42.4 Å². The van der Waals surface area contributed by atoms with Crippen molar-refractivity contribution in [3.8, 4) is 0 Å². The normalized spacial score (nSPS) is 28.6. The lowest BCUT2D eigenvalue weighted by Crippen LogP contribution is -2.45. The molecular weight excluding hydrogens is 288 g/mol. The highest BCUT2D eigenvalue weighted by molar-refractivity contribution is 9.10. The number of hydrogen-bond donors (Lipinski definition) is 1. The molecule has 1 fully saturated rings. The van der Waals surface area contributed by atoms with Crippen LogP contribution in [0.25, 0.3) is 0 Å². The summed E-state index contributed by atoms with van der Waals surface area (Å²) in [4.78, 5) is 0. The van der Waals surface area contributed by atoms with Crippen molar-refractivity contribution >= 4 is 15.9 Å². The summed E-state index contributed by atoms with van der Waals surface area (Å²) < 4.78 is 1.10. The largest absolute Gasteiger partial charge is 0.389 e. The first-order valence-corrected chi connectivity index (χ1v) is 7.77. The second-order valence-electron chi connectivity index (χ2n) is 6.00. The molecule has 2 rings (SSSR count). The lowest BCUT2D eigenvalue weighted by Gasteiger charge is -2.42. The van der Waals surface area contributed by atoms with E-state index in [2.05, 4.69) is 54.0 Å². The van der Waals surface area contributed by atoms with Gasteiger partial charge in [0.15, 0.2) is 0 Å². The van der Waals surface area contributed by atoms with E-state index in [4.69, 9.17) is 0 Å². The zero-order valence-electron chi connectivity index (χ0n) is 11.3. The average Bonchev–Trinajstić information content (AvgIpc) is 2.32. The van der Waals surface area contributed by atoms with Gasteiger partial charge in [0, 0.05) is 10.9 Å². The molecule has 18 heavy (non-hydrogen) atoms. The molecule has 2 heteroatoms. The first-order valence-electron chi connectivity index (χ1n) is 6.98. The minimum absolute atomic E-state index is 0.440. The highest BCUT2D eigenvalue weighted by Gasteiger charge is 2.40. The number of halogens is 1. The van der Waals surface area contributed by atoms with Crippen LogP contribution >= 0.6 is 15.9 Å². The van der Waals surface area contributed by atoms with Gasteiger partial charge in [-0.2, -0.15) is 0 Å². The number of aliphatic hydroxyl groups is 1. The summed E-state index contributed by atoms with van der Waals surface area (Å²) in [6.45, 7) is 4.48. The third-order valence-electron chi connectivity index (χ3n) is 4.29. The first kappa shape index (κ1) is 14.1. The molecule has 1 saturated carbocycles. The van der Waals surface area contributed by atoms with Crippen molar-refractivity contribution in [2.75, 3.05) is 0 Å². The summed E-state index contributed by atoms with van der Waals surface area (Å²) in [6.07, 6.45) is 5.35. The molecule has 0 saturated heterocycles. The standard InChI is InChI=1S/C16H23BrO/c1-12(2)15-5-3-4-10-16(15,18)11-13-6-8-14(17)9-7-13/h6-9,12,15,18H,3-5,10-11H2,1-2H3. The van der Waals surface area contributed by atoms with E-state index in [1.54, 1.807) is 0 Å². The fourth-order valence-corrected chi connectivity index (χ4v) is 3.64. The fourth-order valence-electron chi connectivity index (χ4n) is 3.38. The highest BCUT2D eigenvalue weighted by Crippen LogP contribution is 2.40. The van der Waals surface area contributed by atoms with Crippen molar-refractivity contribution in [3.05, 3.63) is 34.3 Å². The maximum Gasteiger partial charge on any atom is 0.0718 e. The van der Waals surface area contributed by atoms with Crippen LogP contribution in [-0.2, 0) is 6.42 Å². The first-order chi connectivity index (χ1) is 8.51. The van der Waals surface area contributed by atoms with Gasteiger partial charge < -0.3 is 5.11 Å². The van der Waals surface area contributed by atoms with E-state index < -0.39 is 5.60 Å². The second kappa shape index (κ2) is 5.75. The van der Waals surface area contributed by atoms with Crippen molar-refractivity contribution in [1.29, 1.82) is 0 Å². The Bertz CT molecular complexity index is 385. The van der Waals surface area contributed by atoms with Crippen LogP contribution in [0.3, 0.4) is 0 Å². The summed E-state index contributed by atoms with van der Waals surface area (Å²) >= 11 is 3.46. The van der Waals surface area contributed by atoms with E-state index in [-0.39, 0.29) is 0 Å². The van der Waals surface area contributed by atoms with E-state index in [9.17, 15) is 5.11 Å². The second-order valence-corrected chi connectivity index (χ2v) is 6.92.